The van der Waals surface area contributed by atoms with Gasteiger partial charge in [0.1, 0.15) is 6.10 Å². The number of morpholine rings is 1. The first-order valence-electron chi connectivity index (χ1n) is 11.3. The number of fused-ring (bicyclic) bond motifs is 1. The number of methoxy groups -OCH3 is 1. The van der Waals surface area contributed by atoms with E-state index in [-0.39, 0.29) is 18.0 Å². The molecule has 32 heavy (non-hydrogen) atoms. The number of aromatic nitrogens is 3. The van der Waals surface area contributed by atoms with Crippen LogP contribution in [0.1, 0.15) is 43.6 Å². The van der Waals surface area contributed by atoms with E-state index >= 15 is 0 Å². The number of ether oxygens (including phenoxy) is 2. The van der Waals surface area contributed by atoms with E-state index in [2.05, 4.69) is 15.4 Å². The van der Waals surface area contributed by atoms with E-state index < -0.39 is 12.2 Å². The van der Waals surface area contributed by atoms with Crippen LogP contribution < -0.4 is 10.6 Å². The second-order valence-electron chi connectivity index (χ2n) is 8.42. The van der Waals surface area contributed by atoms with Gasteiger partial charge in [0.15, 0.2) is 5.65 Å². The van der Waals surface area contributed by atoms with E-state index in [9.17, 15) is 9.59 Å². The summed E-state index contributed by atoms with van der Waals surface area (Å²) in [6.45, 7) is 6.92. The Morgan fingerprint density at radius 3 is 2.91 bits per heavy atom. The number of carbonyl (C=O) groups excluding carboxylic acids is 2. The molecule has 3 heterocycles. The highest BCUT2D eigenvalue weighted by molar-refractivity contribution is 5.84. The van der Waals surface area contributed by atoms with Crippen molar-refractivity contribution in [1.82, 2.24) is 30.3 Å². The van der Waals surface area contributed by atoms with Crippen LogP contribution in [0.15, 0.2) is 12.1 Å². The predicted octanol–water partition coefficient (Wildman–Crippen LogP) is 1.53. The maximum Gasteiger partial charge on any atom is 0.406 e. The Labute approximate surface area is 187 Å². The van der Waals surface area contributed by atoms with Gasteiger partial charge in [-0.05, 0) is 45.2 Å². The molecule has 2 atom stereocenters. The minimum atomic E-state index is -0.454. The van der Waals surface area contributed by atoms with Crippen molar-refractivity contribution in [1.29, 1.82) is 0 Å². The topological polar surface area (TPSA) is 111 Å². The monoisotopic (exact) mass is 444 g/mol. The second kappa shape index (κ2) is 9.83. The quantitative estimate of drug-likeness (QED) is 0.594. The van der Waals surface area contributed by atoms with E-state index in [0.29, 0.717) is 32.7 Å². The lowest BCUT2D eigenvalue weighted by Crippen LogP contribution is -2.50. The highest BCUT2D eigenvalue weighted by Crippen LogP contribution is 2.37. The third-order valence-electron chi connectivity index (χ3n) is 5.98. The van der Waals surface area contributed by atoms with E-state index in [1.807, 2.05) is 35.6 Å². The molecule has 2 aromatic rings. The smallest absolute Gasteiger partial charge is 0.406 e. The summed E-state index contributed by atoms with van der Waals surface area (Å²) in [7, 11) is 1.35. The van der Waals surface area contributed by atoms with Crippen molar-refractivity contribution in [2.45, 2.75) is 57.8 Å². The molecule has 0 spiro atoms. The van der Waals surface area contributed by atoms with Gasteiger partial charge in [0.2, 0.25) is 0 Å². The van der Waals surface area contributed by atoms with Gasteiger partial charge in [-0.1, -0.05) is 0 Å². The van der Waals surface area contributed by atoms with Gasteiger partial charge in [0.05, 0.1) is 25.5 Å². The van der Waals surface area contributed by atoms with Gasteiger partial charge in [0, 0.05) is 43.3 Å². The molecule has 1 aliphatic carbocycles. The molecule has 1 aliphatic heterocycles. The van der Waals surface area contributed by atoms with E-state index in [1.54, 1.807) is 0 Å². The van der Waals surface area contributed by atoms with Crippen LogP contribution in [0.4, 0.5) is 4.79 Å². The minimum absolute atomic E-state index is 0.0252. The average molecular weight is 445 g/mol. The Bertz CT molecular complexity index is 967. The molecule has 10 heteroatoms. The van der Waals surface area contributed by atoms with Crippen LogP contribution in [-0.4, -0.2) is 77.2 Å². The summed E-state index contributed by atoms with van der Waals surface area (Å²) in [4.78, 5) is 31.3. The molecule has 2 amide bonds. The van der Waals surface area contributed by atoms with Crippen molar-refractivity contribution in [3.8, 4) is 0 Å². The third-order valence-corrected chi connectivity index (χ3v) is 5.98. The van der Waals surface area contributed by atoms with Crippen molar-refractivity contribution in [3.05, 3.63) is 23.5 Å². The molecule has 0 aromatic carbocycles. The van der Waals surface area contributed by atoms with E-state index in [1.165, 1.54) is 7.11 Å². The highest BCUT2D eigenvalue weighted by atomic mass is 16.5. The summed E-state index contributed by atoms with van der Waals surface area (Å²) in [6.07, 6.45) is 1.79. The number of aryl methyl sites for hydroxylation is 2. The molecule has 1 saturated carbocycles. The lowest BCUT2D eigenvalue weighted by molar-refractivity contribution is -0.148. The summed E-state index contributed by atoms with van der Waals surface area (Å²) in [6, 6.07) is 4.04. The van der Waals surface area contributed by atoms with Gasteiger partial charge < -0.3 is 25.0 Å². The zero-order valence-electron chi connectivity index (χ0n) is 19.0. The summed E-state index contributed by atoms with van der Waals surface area (Å²) >= 11 is 0. The maximum absolute atomic E-state index is 13.4. The first-order chi connectivity index (χ1) is 15.5. The number of amides is 2. The van der Waals surface area contributed by atoms with Crippen LogP contribution in [0, 0.1) is 6.92 Å². The molecule has 0 bridgehead atoms. The van der Waals surface area contributed by atoms with E-state index in [0.717, 1.165) is 41.8 Å². The Balaban J connectivity index is 1.57. The summed E-state index contributed by atoms with van der Waals surface area (Å²) < 4.78 is 12.2. The molecule has 1 saturated heterocycles. The van der Waals surface area contributed by atoms with E-state index in [4.69, 9.17) is 14.8 Å². The maximum atomic E-state index is 13.4. The lowest BCUT2D eigenvalue weighted by Gasteiger charge is -2.33. The zero-order valence-corrected chi connectivity index (χ0v) is 19.0. The van der Waals surface area contributed by atoms with Crippen LogP contribution in [0.5, 0.6) is 0 Å². The fourth-order valence-electron chi connectivity index (χ4n) is 4.19. The van der Waals surface area contributed by atoms with Gasteiger partial charge in [0.25, 0.3) is 5.91 Å². The third kappa shape index (κ3) is 4.86. The van der Waals surface area contributed by atoms with Crippen molar-refractivity contribution >= 4 is 23.0 Å². The molecule has 10 nitrogen and oxygen atoms in total. The largest absolute Gasteiger partial charge is 0.453 e. The lowest BCUT2D eigenvalue weighted by atomic mass is 10.1. The number of nitrogens with one attached hydrogen (secondary N) is 2. The highest BCUT2D eigenvalue weighted by Gasteiger charge is 2.41. The normalized spacial score (nSPS) is 19.5. The van der Waals surface area contributed by atoms with Gasteiger partial charge >= 0.3 is 6.09 Å². The molecule has 2 aromatic heterocycles. The Morgan fingerprint density at radius 1 is 1.41 bits per heavy atom. The Morgan fingerprint density at radius 2 is 2.22 bits per heavy atom. The molecule has 2 N–H and O–H groups in total. The van der Waals surface area contributed by atoms with Crippen LogP contribution >= 0.6 is 0 Å². The molecule has 0 radical (unpaired) electrons. The number of rotatable bonds is 8. The molecule has 2 fully saturated rings. The van der Waals surface area contributed by atoms with Gasteiger partial charge in [-0.15, -0.1) is 0 Å². The van der Waals surface area contributed by atoms with Crippen LogP contribution in [0.3, 0.4) is 0 Å². The fraction of sp³-hybridized carbons (Fsp3) is 0.636. The molecule has 0 unspecified atom stereocenters. The summed E-state index contributed by atoms with van der Waals surface area (Å²) in [5.41, 5.74) is 2.54. The number of nitrogens with zero attached hydrogens (tertiary/aromatic N) is 4. The van der Waals surface area contributed by atoms with Gasteiger partial charge in [-0.2, -0.15) is 5.10 Å². The first kappa shape index (κ1) is 22.5. The van der Waals surface area contributed by atoms with Crippen molar-refractivity contribution in [2.75, 3.05) is 33.4 Å². The number of alkyl carbamates (subject to hydrolysis) is 1. The number of carbonyl (C=O) groups is 2. The standard InChI is InChI=1S/C22H32N6O4/c1-14-5-8-17-19(26-27(20(17)25-14)11-4-9-24-22(30)31-3)15(2)28(16-6-7-16)21(29)18-13-23-10-12-32-18/h5,8,15-16,18,23H,4,6-7,9-13H2,1-3H3,(H,24,30)/t15-,18-/m1/s1. The fourth-order valence-corrected chi connectivity index (χ4v) is 4.19. The predicted molar refractivity (Wildman–Crippen MR) is 118 cm³/mol. The van der Waals surface area contributed by atoms with Crippen LogP contribution in [0.25, 0.3) is 11.0 Å². The van der Waals surface area contributed by atoms with Crippen molar-refractivity contribution in [2.24, 2.45) is 0 Å². The SMILES string of the molecule is COC(=O)NCCCn1nc([C@@H](C)N(C(=O)[C@H]2CNCCO2)C2CC2)c2ccc(C)nc21. The van der Waals surface area contributed by atoms with Gasteiger partial charge in [-0.3, -0.25) is 4.79 Å². The van der Waals surface area contributed by atoms with Gasteiger partial charge in [-0.25, -0.2) is 14.5 Å². The minimum Gasteiger partial charge on any atom is -0.453 e. The number of hydrogen-bond donors (Lipinski definition) is 2. The number of pyridine rings is 1. The molecule has 174 valence electrons. The molecule has 2 aliphatic rings. The first-order valence-corrected chi connectivity index (χ1v) is 11.3. The summed E-state index contributed by atoms with van der Waals surface area (Å²) in [5, 5.41) is 11.8. The zero-order chi connectivity index (χ0) is 22.7. The number of hydrogen-bond acceptors (Lipinski definition) is 7. The summed E-state index contributed by atoms with van der Waals surface area (Å²) in [5.74, 6) is 0.0252. The molecule has 4 rings (SSSR count). The Kier molecular flexibility index (Phi) is 6.90. The Hall–Kier alpha value is -2.72. The second-order valence-corrected chi connectivity index (χ2v) is 8.42. The average Bonchev–Trinajstić information content (AvgIpc) is 3.58. The van der Waals surface area contributed by atoms with Crippen molar-refractivity contribution in [3.63, 3.8) is 0 Å². The molecular weight excluding hydrogens is 412 g/mol. The van der Waals surface area contributed by atoms with Crippen molar-refractivity contribution < 1.29 is 19.1 Å². The molecular formula is C22H32N6O4. The van der Waals surface area contributed by atoms with Crippen LogP contribution in [-0.2, 0) is 20.8 Å². The van der Waals surface area contributed by atoms with Crippen LogP contribution in [0.2, 0.25) is 0 Å².